The zero-order chi connectivity index (χ0) is 15.0. The van der Waals surface area contributed by atoms with Crippen LogP contribution in [0.5, 0.6) is 0 Å². The monoisotopic (exact) mass is 292 g/mol. The van der Waals surface area contributed by atoms with Crippen molar-refractivity contribution < 1.29 is 9.53 Å². The third-order valence-corrected chi connectivity index (χ3v) is 4.51. The van der Waals surface area contributed by atoms with Crippen LogP contribution in [0.1, 0.15) is 35.6 Å². The minimum absolute atomic E-state index is 0.0631. The van der Waals surface area contributed by atoms with Crippen LogP contribution in [0.2, 0.25) is 0 Å². The van der Waals surface area contributed by atoms with Crippen LogP contribution in [-0.2, 0) is 24.8 Å². The fraction of sp³-hybridized carbons (Fsp3) is 0.733. The van der Waals surface area contributed by atoms with Crippen LogP contribution in [0.4, 0.5) is 0 Å². The van der Waals surface area contributed by atoms with Crippen LogP contribution >= 0.6 is 0 Å². The highest BCUT2D eigenvalue weighted by atomic mass is 16.5. The van der Waals surface area contributed by atoms with Crippen molar-refractivity contribution in [1.82, 2.24) is 19.6 Å². The molecule has 1 aromatic rings. The number of fused-ring (bicyclic) bond motifs is 1. The van der Waals surface area contributed by atoms with Gasteiger partial charge in [0.05, 0.1) is 18.9 Å². The molecule has 1 saturated heterocycles. The molecule has 3 heterocycles. The number of aromatic nitrogens is 2. The standard InChI is InChI=1S/C15H24N4O2/c1-11(2)19-5-4-12-13(10-19)17(3)16-14(12)15(20)18-6-8-21-9-7-18/h11H,4-10H2,1-3H3. The van der Waals surface area contributed by atoms with E-state index < -0.39 is 0 Å². The van der Waals surface area contributed by atoms with Gasteiger partial charge in [-0.1, -0.05) is 0 Å². The van der Waals surface area contributed by atoms with Gasteiger partial charge in [0.2, 0.25) is 0 Å². The van der Waals surface area contributed by atoms with Crippen LogP contribution in [-0.4, -0.2) is 64.4 Å². The maximum atomic E-state index is 12.7. The number of morpholine rings is 1. The Morgan fingerprint density at radius 2 is 1.95 bits per heavy atom. The first-order valence-corrected chi connectivity index (χ1v) is 7.73. The predicted molar refractivity (Wildman–Crippen MR) is 79.2 cm³/mol. The van der Waals surface area contributed by atoms with Gasteiger partial charge in [0, 0.05) is 44.8 Å². The lowest BCUT2D eigenvalue weighted by atomic mass is 10.0. The topological polar surface area (TPSA) is 50.6 Å². The number of carbonyl (C=O) groups excluding carboxylic acids is 1. The maximum Gasteiger partial charge on any atom is 0.274 e. The van der Waals surface area contributed by atoms with E-state index in [1.165, 1.54) is 5.69 Å². The van der Waals surface area contributed by atoms with Gasteiger partial charge in [-0.05, 0) is 20.3 Å². The minimum atomic E-state index is 0.0631. The smallest absolute Gasteiger partial charge is 0.274 e. The predicted octanol–water partition coefficient (Wildman–Crippen LogP) is 0.659. The lowest BCUT2D eigenvalue weighted by Crippen LogP contribution is -2.41. The quantitative estimate of drug-likeness (QED) is 0.803. The summed E-state index contributed by atoms with van der Waals surface area (Å²) in [7, 11) is 1.94. The normalized spacial score (nSPS) is 19.9. The first-order valence-electron chi connectivity index (χ1n) is 7.73. The number of ether oxygens (including phenoxy) is 1. The zero-order valence-corrected chi connectivity index (χ0v) is 13.1. The highest BCUT2D eigenvalue weighted by Gasteiger charge is 2.30. The Bertz CT molecular complexity index is 532. The molecule has 2 aliphatic rings. The van der Waals surface area contributed by atoms with E-state index in [4.69, 9.17) is 4.74 Å². The molecule has 0 atom stereocenters. The van der Waals surface area contributed by atoms with E-state index in [1.807, 2.05) is 16.6 Å². The number of hydrogen-bond acceptors (Lipinski definition) is 4. The van der Waals surface area contributed by atoms with Crippen LogP contribution in [0, 0.1) is 0 Å². The summed E-state index contributed by atoms with van der Waals surface area (Å²) in [5, 5.41) is 4.52. The molecule has 2 aliphatic heterocycles. The fourth-order valence-electron chi connectivity index (χ4n) is 3.12. The van der Waals surface area contributed by atoms with Gasteiger partial charge in [0.1, 0.15) is 0 Å². The largest absolute Gasteiger partial charge is 0.378 e. The maximum absolute atomic E-state index is 12.7. The van der Waals surface area contributed by atoms with Crippen molar-refractivity contribution in [3.05, 3.63) is 17.0 Å². The summed E-state index contributed by atoms with van der Waals surface area (Å²) < 4.78 is 7.20. The summed E-state index contributed by atoms with van der Waals surface area (Å²) in [6, 6.07) is 0.520. The molecule has 0 aliphatic carbocycles. The lowest BCUT2D eigenvalue weighted by molar-refractivity contribution is 0.0297. The molecule has 3 rings (SSSR count). The molecule has 0 saturated carbocycles. The second kappa shape index (κ2) is 5.77. The van der Waals surface area contributed by atoms with Crippen LogP contribution in [0.3, 0.4) is 0 Å². The van der Waals surface area contributed by atoms with Crippen LogP contribution < -0.4 is 0 Å². The van der Waals surface area contributed by atoms with Crippen molar-refractivity contribution in [3.63, 3.8) is 0 Å². The number of amides is 1. The number of aryl methyl sites for hydroxylation is 1. The van der Waals surface area contributed by atoms with Crippen molar-refractivity contribution in [2.45, 2.75) is 32.9 Å². The number of hydrogen-bond donors (Lipinski definition) is 0. The summed E-state index contributed by atoms with van der Waals surface area (Å²) in [5.41, 5.74) is 2.98. The molecule has 1 amide bonds. The molecule has 1 fully saturated rings. The molecular weight excluding hydrogens is 268 g/mol. The van der Waals surface area contributed by atoms with Crippen molar-refractivity contribution in [2.24, 2.45) is 7.05 Å². The average molecular weight is 292 g/mol. The van der Waals surface area contributed by atoms with E-state index in [0.717, 1.165) is 25.1 Å². The Kier molecular flexibility index (Phi) is 3.99. The molecule has 0 bridgehead atoms. The van der Waals surface area contributed by atoms with E-state index in [0.29, 0.717) is 38.0 Å². The summed E-state index contributed by atoms with van der Waals surface area (Å²) >= 11 is 0. The van der Waals surface area contributed by atoms with Gasteiger partial charge in [-0.2, -0.15) is 5.10 Å². The second-order valence-corrected chi connectivity index (χ2v) is 6.12. The molecule has 0 radical (unpaired) electrons. The van der Waals surface area contributed by atoms with Gasteiger partial charge in [-0.25, -0.2) is 0 Å². The molecule has 0 spiro atoms. The van der Waals surface area contributed by atoms with E-state index in [1.54, 1.807) is 0 Å². The van der Waals surface area contributed by atoms with Crippen molar-refractivity contribution in [2.75, 3.05) is 32.8 Å². The average Bonchev–Trinajstić information content (AvgIpc) is 2.84. The van der Waals surface area contributed by atoms with E-state index in [-0.39, 0.29) is 5.91 Å². The Balaban J connectivity index is 1.85. The molecule has 6 nitrogen and oxygen atoms in total. The molecular formula is C15H24N4O2. The lowest BCUT2D eigenvalue weighted by Gasteiger charge is -2.31. The third-order valence-electron chi connectivity index (χ3n) is 4.51. The van der Waals surface area contributed by atoms with Crippen LogP contribution in [0.15, 0.2) is 0 Å². The first kappa shape index (κ1) is 14.5. The fourth-order valence-corrected chi connectivity index (χ4v) is 3.12. The van der Waals surface area contributed by atoms with Gasteiger partial charge in [0.25, 0.3) is 5.91 Å². The van der Waals surface area contributed by atoms with Gasteiger partial charge in [-0.15, -0.1) is 0 Å². The summed E-state index contributed by atoms with van der Waals surface area (Å²) in [6.45, 7) is 8.89. The van der Waals surface area contributed by atoms with E-state index in [9.17, 15) is 4.79 Å². The highest BCUT2D eigenvalue weighted by Crippen LogP contribution is 2.24. The van der Waals surface area contributed by atoms with Crippen molar-refractivity contribution in [1.29, 1.82) is 0 Å². The van der Waals surface area contributed by atoms with Gasteiger partial charge < -0.3 is 9.64 Å². The summed E-state index contributed by atoms with van der Waals surface area (Å²) in [5.74, 6) is 0.0631. The van der Waals surface area contributed by atoms with Crippen molar-refractivity contribution >= 4 is 5.91 Å². The van der Waals surface area contributed by atoms with Crippen molar-refractivity contribution in [3.8, 4) is 0 Å². The number of rotatable bonds is 2. The van der Waals surface area contributed by atoms with Crippen LogP contribution in [0.25, 0.3) is 0 Å². The van der Waals surface area contributed by atoms with Gasteiger partial charge >= 0.3 is 0 Å². The van der Waals surface area contributed by atoms with E-state index in [2.05, 4.69) is 23.8 Å². The van der Waals surface area contributed by atoms with Gasteiger partial charge in [0.15, 0.2) is 5.69 Å². The Morgan fingerprint density at radius 1 is 1.24 bits per heavy atom. The molecule has 116 valence electrons. The molecule has 0 aromatic carbocycles. The van der Waals surface area contributed by atoms with E-state index >= 15 is 0 Å². The number of nitrogens with zero attached hydrogens (tertiary/aromatic N) is 4. The zero-order valence-electron chi connectivity index (χ0n) is 13.1. The summed E-state index contributed by atoms with van der Waals surface area (Å²) in [4.78, 5) is 17.0. The highest BCUT2D eigenvalue weighted by molar-refractivity contribution is 5.94. The first-order chi connectivity index (χ1) is 10.1. The molecule has 21 heavy (non-hydrogen) atoms. The van der Waals surface area contributed by atoms with Gasteiger partial charge in [-0.3, -0.25) is 14.4 Å². The Hall–Kier alpha value is -1.40. The second-order valence-electron chi connectivity index (χ2n) is 6.12. The third kappa shape index (κ3) is 2.70. The molecule has 1 aromatic heterocycles. The molecule has 0 N–H and O–H groups in total. The Morgan fingerprint density at radius 3 is 2.62 bits per heavy atom. The SMILES string of the molecule is CC(C)N1CCc2c(C(=O)N3CCOCC3)nn(C)c2C1. The minimum Gasteiger partial charge on any atom is -0.378 e. The molecule has 0 unspecified atom stereocenters. The molecule has 6 heteroatoms. The Labute approximate surface area is 125 Å². The number of carbonyl (C=O) groups is 1. The summed E-state index contributed by atoms with van der Waals surface area (Å²) in [6.07, 6.45) is 0.909.